The van der Waals surface area contributed by atoms with Crippen LogP contribution in [-0.2, 0) is 0 Å². The van der Waals surface area contributed by atoms with Crippen LogP contribution < -0.4 is 10.1 Å². The summed E-state index contributed by atoms with van der Waals surface area (Å²) in [6.45, 7) is 6.36. The van der Waals surface area contributed by atoms with E-state index < -0.39 is 0 Å². The number of halogens is 1. The average Bonchev–Trinajstić information content (AvgIpc) is 2.26. The van der Waals surface area contributed by atoms with Crippen molar-refractivity contribution in [1.29, 1.82) is 0 Å². The SMILES string of the molecule is C=CCNC(C)c1ccc(F)c(OC)c1. The fraction of sp³-hybridized carbons (Fsp3) is 0.333. The number of methoxy groups -OCH3 is 1. The lowest BCUT2D eigenvalue weighted by Crippen LogP contribution is -2.18. The van der Waals surface area contributed by atoms with E-state index in [2.05, 4.69) is 11.9 Å². The molecule has 0 saturated carbocycles. The Morgan fingerprint density at radius 3 is 2.93 bits per heavy atom. The van der Waals surface area contributed by atoms with Crippen molar-refractivity contribution in [2.45, 2.75) is 13.0 Å². The minimum Gasteiger partial charge on any atom is -0.494 e. The van der Waals surface area contributed by atoms with E-state index in [4.69, 9.17) is 4.74 Å². The van der Waals surface area contributed by atoms with Gasteiger partial charge in [-0.25, -0.2) is 4.39 Å². The van der Waals surface area contributed by atoms with Gasteiger partial charge in [-0.15, -0.1) is 6.58 Å². The van der Waals surface area contributed by atoms with E-state index in [1.807, 2.05) is 6.92 Å². The summed E-state index contributed by atoms with van der Waals surface area (Å²) in [5, 5.41) is 3.22. The fourth-order valence-corrected chi connectivity index (χ4v) is 1.32. The van der Waals surface area contributed by atoms with E-state index in [1.165, 1.54) is 13.2 Å². The Labute approximate surface area is 89.8 Å². The summed E-state index contributed by atoms with van der Waals surface area (Å²) in [6, 6.07) is 5.02. The van der Waals surface area contributed by atoms with Crippen molar-refractivity contribution < 1.29 is 9.13 Å². The van der Waals surface area contributed by atoms with Gasteiger partial charge in [0.2, 0.25) is 0 Å². The van der Waals surface area contributed by atoms with Gasteiger partial charge >= 0.3 is 0 Å². The van der Waals surface area contributed by atoms with Crippen molar-refractivity contribution in [2.75, 3.05) is 13.7 Å². The van der Waals surface area contributed by atoms with E-state index in [9.17, 15) is 4.39 Å². The summed E-state index contributed by atoms with van der Waals surface area (Å²) in [4.78, 5) is 0. The summed E-state index contributed by atoms with van der Waals surface area (Å²) < 4.78 is 18.0. The smallest absolute Gasteiger partial charge is 0.165 e. The van der Waals surface area contributed by atoms with E-state index in [0.717, 1.165) is 12.1 Å². The Morgan fingerprint density at radius 2 is 2.33 bits per heavy atom. The van der Waals surface area contributed by atoms with Gasteiger partial charge in [-0.3, -0.25) is 0 Å². The highest BCUT2D eigenvalue weighted by Gasteiger charge is 2.08. The van der Waals surface area contributed by atoms with Crippen LogP contribution in [0.15, 0.2) is 30.9 Å². The largest absolute Gasteiger partial charge is 0.494 e. The highest BCUT2D eigenvalue weighted by molar-refractivity contribution is 5.31. The first kappa shape index (κ1) is 11.7. The minimum absolute atomic E-state index is 0.150. The summed E-state index contributed by atoms with van der Waals surface area (Å²) in [5.74, 6) is -0.0584. The standard InChI is InChI=1S/C12H16FNO/c1-4-7-14-9(2)10-5-6-11(13)12(8-10)15-3/h4-6,8-9,14H,1,7H2,2-3H3. The lowest BCUT2D eigenvalue weighted by molar-refractivity contribution is 0.385. The molecule has 0 aliphatic rings. The lowest BCUT2D eigenvalue weighted by atomic mass is 10.1. The van der Waals surface area contributed by atoms with Gasteiger partial charge in [0, 0.05) is 12.6 Å². The van der Waals surface area contributed by atoms with Gasteiger partial charge in [0.05, 0.1) is 7.11 Å². The van der Waals surface area contributed by atoms with Crippen LogP contribution in [0.4, 0.5) is 4.39 Å². The summed E-state index contributed by atoms with van der Waals surface area (Å²) in [5.41, 5.74) is 0.995. The first-order valence-corrected chi connectivity index (χ1v) is 4.86. The molecule has 2 nitrogen and oxygen atoms in total. The van der Waals surface area contributed by atoms with Crippen LogP contribution in [0.25, 0.3) is 0 Å². The topological polar surface area (TPSA) is 21.3 Å². The van der Waals surface area contributed by atoms with E-state index in [1.54, 1.807) is 18.2 Å². The molecular formula is C12H16FNO. The Morgan fingerprint density at radius 1 is 1.60 bits per heavy atom. The zero-order valence-electron chi connectivity index (χ0n) is 9.09. The van der Waals surface area contributed by atoms with Crippen LogP contribution in [0.3, 0.4) is 0 Å². The van der Waals surface area contributed by atoms with Gasteiger partial charge in [0.15, 0.2) is 11.6 Å². The summed E-state index contributed by atoms with van der Waals surface area (Å²) >= 11 is 0. The molecule has 1 N–H and O–H groups in total. The van der Waals surface area contributed by atoms with Gasteiger partial charge in [-0.05, 0) is 24.6 Å². The van der Waals surface area contributed by atoms with Gasteiger partial charge in [0.1, 0.15) is 0 Å². The first-order chi connectivity index (χ1) is 7.19. The average molecular weight is 209 g/mol. The van der Waals surface area contributed by atoms with Crippen LogP contribution in [0, 0.1) is 5.82 Å². The summed E-state index contributed by atoms with van der Waals surface area (Å²) in [7, 11) is 1.46. The molecule has 0 spiro atoms. The van der Waals surface area contributed by atoms with Crippen LogP contribution in [0.5, 0.6) is 5.75 Å². The molecular weight excluding hydrogens is 193 g/mol. The third-order valence-electron chi connectivity index (χ3n) is 2.24. The van der Waals surface area contributed by atoms with Crippen molar-refractivity contribution >= 4 is 0 Å². The third kappa shape index (κ3) is 3.06. The molecule has 3 heteroatoms. The second-order valence-electron chi connectivity index (χ2n) is 3.31. The quantitative estimate of drug-likeness (QED) is 0.753. The predicted molar refractivity (Wildman–Crippen MR) is 59.6 cm³/mol. The molecule has 0 aliphatic heterocycles. The molecule has 1 unspecified atom stereocenters. The molecule has 15 heavy (non-hydrogen) atoms. The van der Waals surface area contributed by atoms with Gasteiger partial charge < -0.3 is 10.1 Å². The van der Waals surface area contributed by atoms with Crippen LogP contribution in [0.1, 0.15) is 18.5 Å². The molecule has 0 heterocycles. The Kier molecular flexibility index (Phi) is 4.31. The molecule has 0 fully saturated rings. The second-order valence-corrected chi connectivity index (χ2v) is 3.31. The number of hydrogen-bond donors (Lipinski definition) is 1. The number of nitrogens with one attached hydrogen (secondary N) is 1. The Hall–Kier alpha value is -1.35. The normalized spacial score (nSPS) is 12.2. The molecule has 1 aromatic rings. The maximum absolute atomic E-state index is 13.1. The maximum atomic E-state index is 13.1. The number of hydrogen-bond acceptors (Lipinski definition) is 2. The van der Waals surface area contributed by atoms with Crippen molar-refractivity contribution in [3.8, 4) is 5.75 Å². The van der Waals surface area contributed by atoms with Crippen molar-refractivity contribution in [2.24, 2.45) is 0 Å². The van der Waals surface area contributed by atoms with Crippen LogP contribution in [-0.4, -0.2) is 13.7 Å². The predicted octanol–water partition coefficient (Wildman–Crippen LogP) is 2.67. The fourth-order valence-electron chi connectivity index (χ4n) is 1.32. The van der Waals surface area contributed by atoms with Gasteiger partial charge in [-0.2, -0.15) is 0 Å². The third-order valence-corrected chi connectivity index (χ3v) is 2.24. The van der Waals surface area contributed by atoms with Crippen molar-refractivity contribution in [3.05, 3.63) is 42.2 Å². The van der Waals surface area contributed by atoms with E-state index in [-0.39, 0.29) is 17.6 Å². The minimum atomic E-state index is -0.336. The number of benzene rings is 1. The molecule has 1 atom stereocenters. The summed E-state index contributed by atoms with van der Waals surface area (Å²) in [6.07, 6.45) is 1.79. The monoisotopic (exact) mass is 209 g/mol. The van der Waals surface area contributed by atoms with E-state index >= 15 is 0 Å². The molecule has 0 amide bonds. The number of rotatable bonds is 5. The van der Waals surface area contributed by atoms with Gasteiger partial charge in [0.25, 0.3) is 0 Å². The highest BCUT2D eigenvalue weighted by Crippen LogP contribution is 2.22. The molecule has 0 aromatic heterocycles. The van der Waals surface area contributed by atoms with Crippen molar-refractivity contribution in [3.63, 3.8) is 0 Å². The molecule has 1 aromatic carbocycles. The van der Waals surface area contributed by atoms with Crippen molar-refractivity contribution in [1.82, 2.24) is 5.32 Å². The zero-order chi connectivity index (χ0) is 11.3. The second kappa shape index (κ2) is 5.51. The van der Waals surface area contributed by atoms with E-state index in [0.29, 0.717) is 0 Å². The lowest BCUT2D eigenvalue weighted by Gasteiger charge is -2.14. The van der Waals surface area contributed by atoms with Gasteiger partial charge in [-0.1, -0.05) is 12.1 Å². The number of ether oxygens (including phenoxy) is 1. The Balaban J connectivity index is 2.80. The maximum Gasteiger partial charge on any atom is 0.165 e. The molecule has 0 bridgehead atoms. The zero-order valence-corrected chi connectivity index (χ0v) is 9.09. The Bertz CT molecular complexity index is 338. The molecule has 0 aliphatic carbocycles. The highest BCUT2D eigenvalue weighted by atomic mass is 19.1. The molecule has 82 valence electrons. The van der Waals surface area contributed by atoms with Crippen LogP contribution >= 0.6 is 0 Å². The first-order valence-electron chi connectivity index (χ1n) is 4.86. The molecule has 0 saturated heterocycles. The van der Waals surface area contributed by atoms with Crippen LogP contribution in [0.2, 0.25) is 0 Å². The molecule has 1 rings (SSSR count). The molecule has 0 radical (unpaired) electrons.